The molecule has 3 fully saturated rings. The summed E-state index contributed by atoms with van der Waals surface area (Å²) in [4.78, 5) is 26.6. The number of hydrogen-bond donors (Lipinski definition) is 3. The van der Waals surface area contributed by atoms with E-state index in [1.54, 1.807) is 0 Å². The van der Waals surface area contributed by atoms with Crippen LogP contribution in [0, 0.1) is 5.92 Å². The Morgan fingerprint density at radius 2 is 1.82 bits per heavy atom. The molecule has 3 N–H and O–H groups in total. The van der Waals surface area contributed by atoms with E-state index in [2.05, 4.69) is 15.5 Å². The highest BCUT2D eigenvalue weighted by Gasteiger charge is 2.34. The highest BCUT2D eigenvalue weighted by atomic mass is 16.5. The van der Waals surface area contributed by atoms with Gasteiger partial charge in [-0.15, -0.1) is 0 Å². The molecule has 0 aromatic rings. The predicted octanol–water partition coefficient (Wildman–Crippen LogP) is 1.19. The average Bonchev–Trinajstić information content (AvgIpc) is 2.67. The molecule has 3 aliphatic rings. The van der Waals surface area contributed by atoms with Crippen molar-refractivity contribution in [3.8, 4) is 0 Å². The van der Waals surface area contributed by atoms with E-state index in [1.165, 1.54) is 19.3 Å². The summed E-state index contributed by atoms with van der Waals surface area (Å²) in [6.07, 6.45) is 9.52. The number of nitrogens with zero attached hydrogens (tertiary/aromatic N) is 1. The van der Waals surface area contributed by atoms with E-state index in [4.69, 9.17) is 4.74 Å². The van der Waals surface area contributed by atoms with Gasteiger partial charge < -0.3 is 25.4 Å². The van der Waals surface area contributed by atoms with Gasteiger partial charge in [-0.2, -0.15) is 0 Å². The molecule has 1 saturated carbocycles. The molecule has 7 heteroatoms. The number of carbonyl (C=O) groups is 2. The predicted molar refractivity (Wildman–Crippen MR) is 107 cm³/mol. The first-order valence-electron chi connectivity index (χ1n) is 11.2. The summed E-state index contributed by atoms with van der Waals surface area (Å²) in [6.45, 7) is 3.59. The van der Waals surface area contributed by atoms with Crippen molar-refractivity contribution in [2.24, 2.45) is 5.92 Å². The van der Waals surface area contributed by atoms with Crippen molar-refractivity contribution >= 4 is 11.8 Å². The van der Waals surface area contributed by atoms with Crippen LogP contribution in [-0.2, 0) is 14.3 Å². The lowest BCUT2D eigenvalue weighted by atomic mass is 9.84. The molecule has 0 unspecified atom stereocenters. The van der Waals surface area contributed by atoms with Crippen molar-refractivity contribution < 1.29 is 19.4 Å². The summed E-state index contributed by atoms with van der Waals surface area (Å²) in [5.74, 6) is 0.362. The third-order valence-electron chi connectivity index (χ3n) is 6.49. The quantitative estimate of drug-likeness (QED) is 0.546. The summed E-state index contributed by atoms with van der Waals surface area (Å²) in [5, 5.41) is 15.7. The first-order valence-corrected chi connectivity index (χ1v) is 11.2. The Balaban J connectivity index is 1.29. The molecule has 160 valence electrons. The van der Waals surface area contributed by atoms with E-state index in [1.807, 2.05) is 0 Å². The summed E-state index contributed by atoms with van der Waals surface area (Å²) < 4.78 is 5.99. The molecule has 2 saturated heterocycles. The van der Waals surface area contributed by atoms with Crippen LogP contribution < -0.4 is 10.6 Å². The summed E-state index contributed by atoms with van der Waals surface area (Å²) in [7, 11) is 0. The number of piperidine rings is 1. The van der Waals surface area contributed by atoms with Gasteiger partial charge in [0, 0.05) is 25.4 Å². The zero-order valence-corrected chi connectivity index (χ0v) is 17.0. The second-order valence-corrected chi connectivity index (χ2v) is 8.59. The Morgan fingerprint density at radius 3 is 2.50 bits per heavy atom. The van der Waals surface area contributed by atoms with Crippen LogP contribution in [0.15, 0.2) is 0 Å². The maximum Gasteiger partial charge on any atom is 0.223 e. The SMILES string of the molecule is O=C(CCN1CCCCC1)NCC[C@H]1CC[C@H](NC(=O)C2CCC2)[C@H](CO)O1. The van der Waals surface area contributed by atoms with Gasteiger partial charge in [-0.1, -0.05) is 12.8 Å². The third kappa shape index (κ3) is 6.42. The minimum Gasteiger partial charge on any atom is -0.394 e. The van der Waals surface area contributed by atoms with E-state index in [9.17, 15) is 14.7 Å². The van der Waals surface area contributed by atoms with Crippen LogP contribution >= 0.6 is 0 Å². The molecule has 3 atom stereocenters. The highest BCUT2D eigenvalue weighted by Crippen LogP contribution is 2.28. The second-order valence-electron chi connectivity index (χ2n) is 8.59. The van der Waals surface area contributed by atoms with Crippen LogP contribution in [-0.4, -0.2) is 72.9 Å². The van der Waals surface area contributed by atoms with Crippen LogP contribution in [0.5, 0.6) is 0 Å². The monoisotopic (exact) mass is 395 g/mol. The van der Waals surface area contributed by atoms with Crippen molar-refractivity contribution in [2.45, 2.75) is 82.5 Å². The molecule has 0 bridgehead atoms. The Kier molecular flexibility index (Phi) is 8.55. The van der Waals surface area contributed by atoms with Gasteiger partial charge in [0.2, 0.25) is 11.8 Å². The number of amides is 2. The van der Waals surface area contributed by atoms with E-state index in [-0.39, 0.29) is 42.6 Å². The number of rotatable bonds is 9. The van der Waals surface area contributed by atoms with Crippen molar-refractivity contribution in [1.29, 1.82) is 0 Å². The maximum atomic E-state index is 12.2. The number of aliphatic hydroxyl groups excluding tert-OH is 1. The minimum atomic E-state index is -0.349. The molecule has 0 aromatic heterocycles. The maximum absolute atomic E-state index is 12.2. The van der Waals surface area contributed by atoms with Crippen LogP contribution in [0.25, 0.3) is 0 Å². The number of aliphatic hydroxyl groups is 1. The fraction of sp³-hybridized carbons (Fsp3) is 0.905. The molecule has 28 heavy (non-hydrogen) atoms. The van der Waals surface area contributed by atoms with E-state index in [0.717, 1.165) is 58.2 Å². The van der Waals surface area contributed by atoms with Gasteiger partial charge in [0.05, 0.1) is 18.8 Å². The molecule has 2 amide bonds. The molecule has 0 radical (unpaired) electrons. The molecule has 7 nitrogen and oxygen atoms in total. The Hall–Kier alpha value is -1.18. The van der Waals surface area contributed by atoms with Gasteiger partial charge in [0.1, 0.15) is 6.10 Å². The van der Waals surface area contributed by atoms with Gasteiger partial charge in [-0.3, -0.25) is 9.59 Å². The lowest BCUT2D eigenvalue weighted by molar-refractivity contribution is -0.134. The lowest BCUT2D eigenvalue weighted by Gasteiger charge is -2.37. The number of carbonyl (C=O) groups excluding carboxylic acids is 2. The Bertz CT molecular complexity index is 506. The van der Waals surface area contributed by atoms with Crippen LogP contribution in [0.3, 0.4) is 0 Å². The van der Waals surface area contributed by atoms with Crippen molar-refractivity contribution in [3.63, 3.8) is 0 Å². The molecule has 3 rings (SSSR count). The summed E-state index contributed by atoms with van der Waals surface area (Å²) >= 11 is 0. The topological polar surface area (TPSA) is 90.9 Å². The zero-order valence-electron chi connectivity index (χ0n) is 17.0. The number of likely N-dealkylation sites (tertiary alicyclic amines) is 1. The number of ether oxygens (including phenoxy) is 1. The van der Waals surface area contributed by atoms with Gasteiger partial charge >= 0.3 is 0 Å². The standard InChI is InChI=1S/C21H37N3O4/c25-15-19-18(23-21(27)16-5-4-6-16)8-7-17(28-19)9-11-22-20(26)10-14-24-12-2-1-3-13-24/h16-19,25H,1-15H2,(H,22,26)(H,23,27)/t17-,18+,19+/m1/s1. The van der Waals surface area contributed by atoms with Gasteiger partial charge in [-0.25, -0.2) is 0 Å². The van der Waals surface area contributed by atoms with Crippen molar-refractivity contribution in [2.75, 3.05) is 32.8 Å². The van der Waals surface area contributed by atoms with E-state index in [0.29, 0.717) is 13.0 Å². The van der Waals surface area contributed by atoms with Gasteiger partial charge in [0.25, 0.3) is 0 Å². The van der Waals surface area contributed by atoms with E-state index < -0.39 is 0 Å². The molecule has 2 heterocycles. The molecule has 2 aliphatic heterocycles. The highest BCUT2D eigenvalue weighted by molar-refractivity contribution is 5.79. The minimum absolute atomic E-state index is 0.0244. The fourth-order valence-corrected chi connectivity index (χ4v) is 4.38. The number of hydrogen-bond acceptors (Lipinski definition) is 5. The Morgan fingerprint density at radius 1 is 1.04 bits per heavy atom. The molecule has 1 aliphatic carbocycles. The average molecular weight is 396 g/mol. The normalized spacial score (nSPS) is 29.1. The Labute approximate surface area is 168 Å². The lowest BCUT2D eigenvalue weighted by Crippen LogP contribution is -2.53. The molecule has 0 spiro atoms. The summed E-state index contributed by atoms with van der Waals surface area (Å²) in [6, 6.07) is -0.103. The van der Waals surface area contributed by atoms with Crippen LogP contribution in [0.4, 0.5) is 0 Å². The van der Waals surface area contributed by atoms with E-state index >= 15 is 0 Å². The number of nitrogens with one attached hydrogen (secondary N) is 2. The van der Waals surface area contributed by atoms with Gasteiger partial charge in [0.15, 0.2) is 0 Å². The second kappa shape index (κ2) is 11.1. The first kappa shape index (κ1) is 21.5. The van der Waals surface area contributed by atoms with Gasteiger partial charge in [-0.05, 0) is 58.0 Å². The smallest absolute Gasteiger partial charge is 0.223 e. The fourth-order valence-electron chi connectivity index (χ4n) is 4.38. The largest absolute Gasteiger partial charge is 0.394 e. The molecular weight excluding hydrogens is 358 g/mol. The van der Waals surface area contributed by atoms with Crippen LogP contribution in [0.1, 0.15) is 64.2 Å². The zero-order chi connectivity index (χ0) is 19.8. The molecule has 0 aromatic carbocycles. The first-order chi connectivity index (χ1) is 13.7. The molecular formula is C21H37N3O4. The van der Waals surface area contributed by atoms with Crippen molar-refractivity contribution in [1.82, 2.24) is 15.5 Å². The van der Waals surface area contributed by atoms with Crippen LogP contribution in [0.2, 0.25) is 0 Å². The summed E-state index contributed by atoms with van der Waals surface area (Å²) in [5.41, 5.74) is 0. The third-order valence-corrected chi connectivity index (χ3v) is 6.49. The van der Waals surface area contributed by atoms with Crippen molar-refractivity contribution in [3.05, 3.63) is 0 Å².